The molecule has 8 heteroatoms. The Balaban J connectivity index is 1.76. The van der Waals surface area contributed by atoms with E-state index in [4.69, 9.17) is 4.74 Å². The zero-order valence-corrected chi connectivity index (χ0v) is 14.9. The summed E-state index contributed by atoms with van der Waals surface area (Å²) in [5.74, 6) is -4.22. The van der Waals surface area contributed by atoms with E-state index in [9.17, 15) is 23.2 Å². The zero-order chi connectivity index (χ0) is 20.5. The maximum Gasteiger partial charge on any atom is 0.326 e. The molecule has 0 spiro atoms. The van der Waals surface area contributed by atoms with Crippen LogP contribution in [0.1, 0.15) is 12.5 Å². The van der Waals surface area contributed by atoms with Crippen LogP contribution in [0.4, 0.5) is 14.5 Å². The fourth-order valence-electron chi connectivity index (χ4n) is 2.06. The lowest BCUT2D eigenvalue weighted by Gasteiger charge is -2.13. The number of esters is 1. The van der Waals surface area contributed by atoms with Crippen LogP contribution in [0.5, 0.6) is 0 Å². The Labute approximate surface area is 160 Å². The average Bonchev–Trinajstić information content (AvgIpc) is 2.68. The number of hydrogen-bond acceptors (Lipinski definition) is 4. The maximum absolute atomic E-state index is 13.1. The van der Waals surface area contributed by atoms with Gasteiger partial charge in [0.15, 0.2) is 17.7 Å². The molecular formula is C20H18F2N2O4. The molecule has 28 heavy (non-hydrogen) atoms. The fraction of sp³-hybridized carbons (Fsp3) is 0.150. The Kier molecular flexibility index (Phi) is 7.38. The van der Waals surface area contributed by atoms with Crippen LogP contribution in [0.15, 0.2) is 54.6 Å². The topological polar surface area (TPSA) is 84.5 Å². The van der Waals surface area contributed by atoms with Gasteiger partial charge >= 0.3 is 5.97 Å². The van der Waals surface area contributed by atoms with E-state index >= 15 is 0 Å². The van der Waals surface area contributed by atoms with Gasteiger partial charge < -0.3 is 15.4 Å². The molecule has 0 aliphatic rings. The average molecular weight is 388 g/mol. The van der Waals surface area contributed by atoms with E-state index in [2.05, 4.69) is 10.6 Å². The molecule has 0 heterocycles. The Morgan fingerprint density at radius 1 is 1.07 bits per heavy atom. The summed E-state index contributed by atoms with van der Waals surface area (Å²) in [5, 5.41) is 4.63. The molecule has 2 aromatic carbocycles. The summed E-state index contributed by atoms with van der Waals surface area (Å²) < 4.78 is 30.9. The number of carbonyl (C=O) groups excluding carboxylic acids is 3. The Morgan fingerprint density at radius 2 is 1.79 bits per heavy atom. The summed E-state index contributed by atoms with van der Waals surface area (Å²) >= 11 is 0. The van der Waals surface area contributed by atoms with Gasteiger partial charge in [0.1, 0.15) is 6.54 Å². The van der Waals surface area contributed by atoms with Crippen LogP contribution in [0.25, 0.3) is 6.08 Å². The molecule has 2 N–H and O–H groups in total. The molecule has 0 aromatic heterocycles. The van der Waals surface area contributed by atoms with E-state index in [1.165, 1.54) is 19.1 Å². The van der Waals surface area contributed by atoms with Gasteiger partial charge in [-0.25, -0.2) is 8.78 Å². The largest absolute Gasteiger partial charge is 0.451 e. The van der Waals surface area contributed by atoms with Gasteiger partial charge in [-0.1, -0.05) is 30.3 Å². The molecule has 0 unspecified atom stereocenters. The second-order valence-electron chi connectivity index (χ2n) is 5.71. The highest BCUT2D eigenvalue weighted by molar-refractivity contribution is 5.96. The number of halogens is 2. The number of rotatable bonds is 7. The van der Waals surface area contributed by atoms with E-state index in [0.717, 1.165) is 17.7 Å². The third-order valence-electron chi connectivity index (χ3n) is 3.50. The van der Waals surface area contributed by atoms with Crippen LogP contribution < -0.4 is 10.6 Å². The molecule has 0 fully saturated rings. The second kappa shape index (κ2) is 9.96. The highest BCUT2D eigenvalue weighted by Gasteiger charge is 2.18. The number of ether oxygens (including phenoxy) is 1. The van der Waals surface area contributed by atoms with Crippen LogP contribution in [-0.4, -0.2) is 30.4 Å². The molecule has 0 radical (unpaired) electrons. The zero-order valence-electron chi connectivity index (χ0n) is 14.9. The molecule has 0 saturated heterocycles. The molecule has 2 aromatic rings. The van der Waals surface area contributed by atoms with Crippen molar-refractivity contribution < 1.29 is 27.9 Å². The first-order valence-corrected chi connectivity index (χ1v) is 8.31. The Morgan fingerprint density at radius 3 is 2.46 bits per heavy atom. The summed E-state index contributed by atoms with van der Waals surface area (Å²) in [7, 11) is 0. The number of carbonyl (C=O) groups is 3. The van der Waals surface area contributed by atoms with Gasteiger partial charge in [-0.2, -0.15) is 0 Å². The highest BCUT2D eigenvalue weighted by Crippen LogP contribution is 2.13. The lowest BCUT2D eigenvalue weighted by molar-refractivity contribution is -0.152. The van der Waals surface area contributed by atoms with Crippen molar-refractivity contribution in [3.63, 3.8) is 0 Å². The third kappa shape index (κ3) is 6.64. The maximum atomic E-state index is 13.1. The summed E-state index contributed by atoms with van der Waals surface area (Å²) in [4.78, 5) is 35.4. The first-order chi connectivity index (χ1) is 13.3. The minimum absolute atomic E-state index is 0.0196. The summed E-state index contributed by atoms with van der Waals surface area (Å²) in [5.41, 5.74) is 0.842. The van der Waals surface area contributed by atoms with E-state index in [1.807, 2.05) is 30.3 Å². The standard InChI is InChI=1S/C20H18F2N2O4/c1-13(20(27)24-15-8-9-16(21)17(22)11-15)28-19(26)12-23-18(25)10-7-14-5-3-2-4-6-14/h2-11,13H,12H2,1H3,(H,23,25)(H,24,27)/b10-7+/t13-/m0/s1. The van der Waals surface area contributed by atoms with E-state index in [-0.39, 0.29) is 5.69 Å². The normalized spacial score (nSPS) is 11.7. The summed E-state index contributed by atoms with van der Waals surface area (Å²) in [6.45, 7) is 0.880. The molecule has 6 nitrogen and oxygen atoms in total. The van der Waals surface area contributed by atoms with E-state index in [1.54, 1.807) is 6.08 Å². The molecule has 0 aliphatic carbocycles. The number of hydrogen-bond donors (Lipinski definition) is 2. The first kappa shape index (κ1) is 20.8. The monoisotopic (exact) mass is 388 g/mol. The van der Waals surface area contributed by atoms with Gasteiger partial charge in [0.05, 0.1) is 0 Å². The van der Waals surface area contributed by atoms with Gasteiger partial charge in [-0.15, -0.1) is 0 Å². The molecule has 0 aliphatic heterocycles. The van der Waals surface area contributed by atoms with Crippen molar-refractivity contribution in [2.75, 3.05) is 11.9 Å². The van der Waals surface area contributed by atoms with Crippen molar-refractivity contribution in [2.45, 2.75) is 13.0 Å². The van der Waals surface area contributed by atoms with Gasteiger partial charge in [0.2, 0.25) is 5.91 Å². The van der Waals surface area contributed by atoms with Crippen molar-refractivity contribution in [3.8, 4) is 0 Å². The SMILES string of the molecule is C[C@H](OC(=O)CNC(=O)/C=C/c1ccccc1)C(=O)Nc1ccc(F)c(F)c1. The lowest BCUT2D eigenvalue weighted by atomic mass is 10.2. The summed E-state index contributed by atoms with van der Waals surface area (Å²) in [6.07, 6.45) is 1.65. The third-order valence-corrected chi connectivity index (χ3v) is 3.50. The van der Waals surface area contributed by atoms with Gasteiger partial charge in [0, 0.05) is 17.8 Å². The minimum Gasteiger partial charge on any atom is -0.451 e. The van der Waals surface area contributed by atoms with Crippen LogP contribution in [0, 0.1) is 11.6 Å². The van der Waals surface area contributed by atoms with Crippen LogP contribution in [0.2, 0.25) is 0 Å². The van der Waals surface area contributed by atoms with Crippen molar-refractivity contribution in [2.24, 2.45) is 0 Å². The van der Waals surface area contributed by atoms with Crippen molar-refractivity contribution >= 4 is 29.5 Å². The number of amides is 2. The van der Waals surface area contributed by atoms with Gasteiger partial charge in [0.25, 0.3) is 5.91 Å². The highest BCUT2D eigenvalue weighted by atomic mass is 19.2. The predicted molar refractivity (Wildman–Crippen MR) is 99.0 cm³/mol. The molecule has 0 bridgehead atoms. The van der Waals surface area contributed by atoms with Gasteiger partial charge in [-0.3, -0.25) is 14.4 Å². The molecule has 2 amide bonds. The molecule has 2 rings (SSSR count). The lowest BCUT2D eigenvalue weighted by Crippen LogP contribution is -2.35. The summed E-state index contributed by atoms with van der Waals surface area (Å²) in [6, 6.07) is 11.9. The Hall–Kier alpha value is -3.55. The molecule has 146 valence electrons. The Bertz CT molecular complexity index is 885. The number of benzene rings is 2. The van der Waals surface area contributed by atoms with Crippen molar-refractivity contribution in [3.05, 3.63) is 71.8 Å². The first-order valence-electron chi connectivity index (χ1n) is 8.31. The molecule has 1 atom stereocenters. The fourth-order valence-corrected chi connectivity index (χ4v) is 2.06. The van der Waals surface area contributed by atoms with Crippen LogP contribution >= 0.6 is 0 Å². The smallest absolute Gasteiger partial charge is 0.326 e. The number of nitrogens with one attached hydrogen (secondary N) is 2. The van der Waals surface area contributed by atoms with Crippen LogP contribution in [0.3, 0.4) is 0 Å². The second-order valence-corrected chi connectivity index (χ2v) is 5.71. The van der Waals surface area contributed by atoms with E-state index < -0.39 is 42.1 Å². The van der Waals surface area contributed by atoms with Crippen molar-refractivity contribution in [1.82, 2.24) is 5.32 Å². The van der Waals surface area contributed by atoms with E-state index in [0.29, 0.717) is 0 Å². The van der Waals surface area contributed by atoms with Gasteiger partial charge in [-0.05, 0) is 30.7 Å². The van der Waals surface area contributed by atoms with Crippen LogP contribution in [-0.2, 0) is 19.1 Å². The predicted octanol–water partition coefficient (Wildman–Crippen LogP) is 2.66. The quantitative estimate of drug-likeness (QED) is 0.564. The molecule has 0 saturated carbocycles. The minimum atomic E-state index is -1.20. The van der Waals surface area contributed by atoms with Crippen molar-refractivity contribution in [1.29, 1.82) is 0 Å². The molecular weight excluding hydrogens is 370 g/mol. The number of anilines is 1.